The summed E-state index contributed by atoms with van der Waals surface area (Å²) in [6, 6.07) is 1.63. The van der Waals surface area contributed by atoms with E-state index < -0.39 is 0 Å². The van der Waals surface area contributed by atoms with Crippen molar-refractivity contribution in [1.29, 1.82) is 0 Å². The van der Waals surface area contributed by atoms with Crippen molar-refractivity contribution in [2.75, 3.05) is 45.9 Å². The smallest absolute Gasteiger partial charge is 0.269 e. The third kappa shape index (κ3) is 5.07. The number of carbonyl (C=O) groups is 2. The van der Waals surface area contributed by atoms with Gasteiger partial charge in [0.1, 0.15) is 12.3 Å². The highest BCUT2D eigenvalue weighted by atomic mass is 16.5. The number of hydrogen-bond donors (Lipinski definition) is 2. The number of hydrogen-bond acceptors (Lipinski definition) is 5. The molecule has 0 aromatic carbocycles. The van der Waals surface area contributed by atoms with Crippen molar-refractivity contribution in [2.45, 2.75) is 31.8 Å². The molecule has 1 aliphatic carbocycles. The molecule has 3 fully saturated rings. The maximum atomic E-state index is 12.2. The van der Waals surface area contributed by atoms with Crippen LogP contribution in [-0.2, 0) is 9.53 Å². The Morgan fingerprint density at radius 3 is 2.70 bits per heavy atom. The van der Waals surface area contributed by atoms with Crippen LogP contribution in [0, 0.1) is 11.8 Å². The number of nitrogens with one attached hydrogen (secondary N) is 2. The first-order valence-corrected chi connectivity index (χ1v) is 10.1. The van der Waals surface area contributed by atoms with Gasteiger partial charge in [-0.3, -0.25) is 14.7 Å². The molecule has 3 aliphatic rings. The number of nitrogens with zero attached hydrogens (tertiary/aromatic N) is 3. The Morgan fingerprint density at radius 2 is 2.00 bits per heavy atom. The lowest BCUT2D eigenvalue weighted by molar-refractivity contribution is -0.149. The van der Waals surface area contributed by atoms with E-state index in [1.807, 2.05) is 4.90 Å². The number of likely N-dealkylation sites (tertiary alicyclic amines) is 1. The van der Waals surface area contributed by atoms with Gasteiger partial charge in [0, 0.05) is 32.4 Å². The fraction of sp³-hybridized carbons (Fsp3) is 0.737. The van der Waals surface area contributed by atoms with Crippen molar-refractivity contribution in [1.82, 2.24) is 25.3 Å². The Kier molecular flexibility index (Phi) is 5.73. The molecular formula is C19H29N5O3. The van der Waals surface area contributed by atoms with Crippen molar-refractivity contribution < 1.29 is 14.3 Å². The average molecular weight is 375 g/mol. The van der Waals surface area contributed by atoms with E-state index in [1.54, 1.807) is 12.3 Å². The van der Waals surface area contributed by atoms with E-state index in [2.05, 4.69) is 20.4 Å². The first kappa shape index (κ1) is 18.4. The SMILES string of the molecule is O=C(NCC1CN(CC2CCN(CC3CC3)CC2)C(=O)CO1)c1ccn[nH]1. The largest absolute Gasteiger partial charge is 0.365 e. The first-order chi connectivity index (χ1) is 13.2. The van der Waals surface area contributed by atoms with Crippen molar-refractivity contribution in [3.05, 3.63) is 18.0 Å². The zero-order valence-corrected chi connectivity index (χ0v) is 15.7. The lowest BCUT2D eigenvalue weighted by Crippen LogP contribution is -2.52. The van der Waals surface area contributed by atoms with Gasteiger partial charge in [-0.1, -0.05) is 0 Å². The maximum Gasteiger partial charge on any atom is 0.269 e. The summed E-state index contributed by atoms with van der Waals surface area (Å²) in [5.74, 6) is 1.37. The highest BCUT2D eigenvalue weighted by Crippen LogP contribution is 2.31. The summed E-state index contributed by atoms with van der Waals surface area (Å²) < 4.78 is 5.61. The van der Waals surface area contributed by atoms with Gasteiger partial charge in [0.15, 0.2) is 0 Å². The number of aromatic amines is 1. The van der Waals surface area contributed by atoms with Crippen LogP contribution >= 0.6 is 0 Å². The third-order valence-corrected chi connectivity index (χ3v) is 5.85. The fourth-order valence-electron chi connectivity index (χ4n) is 3.99. The fourth-order valence-corrected chi connectivity index (χ4v) is 3.99. The zero-order chi connectivity index (χ0) is 18.6. The number of ether oxygens (including phenoxy) is 1. The number of carbonyl (C=O) groups excluding carboxylic acids is 2. The number of amides is 2. The summed E-state index contributed by atoms with van der Waals surface area (Å²) in [5.41, 5.74) is 0.427. The molecule has 8 nitrogen and oxygen atoms in total. The van der Waals surface area contributed by atoms with Crippen molar-refractivity contribution in [3.63, 3.8) is 0 Å². The monoisotopic (exact) mass is 375 g/mol. The molecule has 1 aromatic rings. The lowest BCUT2D eigenvalue weighted by atomic mass is 9.95. The molecule has 0 bridgehead atoms. The topological polar surface area (TPSA) is 90.6 Å². The highest BCUT2D eigenvalue weighted by Gasteiger charge is 2.31. The summed E-state index contributed by atoms with van der Waals surface area (Å²) >= 11 is 0. The molecule has 1 saturated carbocycles. The van der Waals surface area contributed by atoms with Crippen LogP contribution in [0.4, 0.5) is 0 Å². The normalized spacial score (nSPS) is 25.0. The summed E-state index contributed by atoms with van der Waals surface area (Å²) in [6.45, 7) is 5.43. The maximum absolute atomic E-state index is 12.2. The zero-order valence-electron chi connectivity index (χ0n) is 15.7. The van der Waals surface area contributed by atoms with Crippen molar-refractivity contribution >= 4 is 11.8 Å². The predicted octanol–water partition coefficient (Wildman–Crippen LogP) is 0.489. The van der Waals surface area contributed by atoms with Gasteiger partial charge >= 0.3 is 0 Å². The van der Waals surface area contributed by atoms with E-state index in [1.165, 1.54) is 32.2 Å². The van der Waals surface area contributed by atoms with Gasteiger partial charge in [0.05, 0.1) is 6.10 Å². The van der Waals surface area contributed by atoms with Crippen LogP contribution in [0.5, 0.6) is 0 Å². The van der Waals surface area contributed by atoms with Crippen molar-refractivity contribution in [3.8, 4) is 0 Å². The average Bonchev–Trinajstić information content (AvgIpc) is 3.31. The van der Waals surface area contributed by atoms with Gasteiger partial charge in [-0.2, -0.15) is 5.10 Å². The molecule has 148 valence electrons. The predicted molar refractivity (Wildman–Crippen MR) is 99.1 cm³/mol. The second-order valence-corrected chi connectivity index (χ2v) is 8.10. The molecule has 1 atom stereocenters. The number of morpholine rings is 1. The molecule has 1 aromatic heterocycles. The molecule has 3 heterocycles. The van der Waals surface area contributed by atoms with Crippen LogP contribution in [0.2, 0.25) is 0 Å². The Labute approximate surface area is 159 Å². The molecule has 8 heteroatoms. The standard InChI is InChI=1S/C19H29N5O3/c25-18-13-27-16(9-20-19(26)17-3-6-21-22-17)12-24(18)11-15-4-7-23(8-5-15)10-14-1-2-14/h3,6,14-16H,1-2,4-5,7-13H2,(H,20,26)(H,21,22). The van der Waals surface area contributed by atoms with Gasteiger partial charge in [-0.05, 0) is 56.7 Å². The van der Waals surface area contributed by atoms with Gasteiger partial charge < -0.3 is 19.9 Å². The minimum Gasteiger partial charge on any atom is -0.365 e. The number of H-pyrrole nitrogens is 1. The summed E-state index contributed by atoms with van der Waals surface area (Å²) in [4.78, 5) is 28.8. The van der Waals surface area contributed by atoms with Gasteiger partial charge in [0.2, 0.25) is 5.91 Å². The van der Waals surface area contributed by atoms with E-state index in [0.717, 1.165) is 25.6 Å². The van der Waals surface area contributed by atoms with E-state index in [9.17, 15) is 9.59 Å². The van der Waals surface area contributed by atoms with Gasteiger partial charge in [-0.25, -0.2) is 0 Å². The van der Waals surface area contributed by atoms with E-state index in [-0.39, 0.29) is 24.5 Å². The molecule has 27 heavy (non-hydrogen) atoms. The van der Waals surface area contributed by atoms with E-state index >= 15 is 0 Å². The van der Waals surface area contributed by atoms with Gasteiger partial charge in [0.25, 0.3) is 5.91 Å². The van der Waals surface area contributed by atoms with Gasteiger partial charge in [-0.15, -0.1) is 0 Å². The number of aromatic nitrogens is 2. The van der Waals surface area contributed by atoms with Crippen molar-refractivity contribution in [2.24, 2.45) is 11.8 Å². The number of rotatable bonds is 7. The molecule has 0 radical (unpaired) electrons. The second-order valence-electron chi connectivity index (χ2n) is 8.10. The molecule has 0 spiro atoms. The third-order valence-electron chi connectivity index (χ3n) is 5.85. The Morgan fingerprint density at radius 1 is 1.22 bits per heavy atom. The number of piperidine rings is 1. The minimum atomic E-state index is -0.206. The summed E-state index contributed by atoms with van der Waals surface area (Å²) in [6.07, 6.45) is 6.52. The molecule has 4 rings (SSSR count). The Balaban J connectivity index is 1.20. The quantitative estimate of drug-likeness (QED) is 0.724. The Hall–Kier alpha value is -1.93. The highest BCUT2D eigenvalue weighted by molar-refractivity contribution is 5.92. The molecule has 2 aliphatic heterocycles. The second kappa shape index (κ2) is 8.39. The Bertz CT molecular complexity index is 638. The lowest BCUT2D eigenvalue weighted by Gasteiger charge is -2.38. The minimum absolute atomic E-state index is 0.0616. The van der Waals surface area contributed by atoms with Crippen LogP contribution in [0.25, 0.3) is 0 Å². The first-order valence-electron chi connectivity index (χ1n) is 10.1. The van der Waals surface area contributed by atoms with Crippen LogP contribution in [-0.4, -0.2) is 83.8 Å². The van der Waals surface area contributed by atoms with Crippen LogP contribution in [0.1, 0.15) is 36.2 Å². The molecule has 1 unspecified atom stereocenters. The molecule has 2 saturated heterocycles. The van der Waals surface area contributed by atoms with Crippen LogP contribution in [0.3, 0.4) is 0 Å². The summed E-state index contributed by atoms with van der Waals surface area (Å²) in [5, 5.41) is 9.26. The molecular weight excluding hydrogens is 346 g/mol. The molecule has 2 N–H and O–H groups in total. The van der Waals surface area contributed by atoms with E-state index in [4.69, 9.17) is 4.74 Å². The molecule has 2 amide bonds. The van der Waals surface area contributed by atoms with E-state index in [0.29, 0.717) is 24.7 Å². The van der Waals surface area contributed by atoms with Crippen LogP contribution < -0.4 is 5.32 Å². The summed E-state index contributed by atoms with van der Waals surface area (Å²) in [7, 11) is 0. The van der Waals surface area contributed by atoms with Crippen LogP contribution in [0.15, 0.2) is 12.3 Å².